The van der Waals surface area contributed by atoms with Crippen LogP contribution in [0.3, 0.4) is 0 Å². The van der Waals surface area contributed by atoms with Crippen molar-refractivity contribution < 1.29 is 13.6 Å². The lowest BCUT2D eigenvalue weighted by Crippen LogP contribution is -2.31. The molecule has 1 heterocycles. The fourth-order valence-corrected chi connectivity index (χ4v) is 3.60. The molecule has 33 heavy (non-hydrogen) atoms. The van der Waals surface area contributed by atoms with Gasteiger partial charge < -0.3 is 4.90 Å². The van der Waals surface area contributed by atoms with Crippen LogP contribution in [0, 0.1) is 17.6 Å². The summed E-state index contributed by atoms with van der Waals surface area (Å²) in [6.45, 7) is 4.30. The molecule has 168 valence electrons. The maximum Gasteiger partial charge on any atom is 0.227 e. The first-order chi connectivity index (χ1) is 15.9. The first-order valence-electron chi connectivity index (χ1n) is 10.6. The molecule has 3 aromatic carbocycles. The Morgan fingerprint density at radius 2 is 1.64 bits per heavy atom. The van der Waals surface area contributed by atoms with Gasteiger partial charge >= 0.3 is 0 Å². The summed E-state index contributed by atoms with van der Waals surface area (Å²) in [5.41, 5.74) is 3.58. The minimum Gasteiger partial charge on any atom is -0.308 e. The van der Waals surface area contributed by atoms with E-state index in [1.807, 2.05) is 38.1 Å². The molecule has 0 fully saturated rings. The molecule has 0 unspecified atom stereocenters. The second kappa shape index (κ2) is 9.68. The van der Waals surface area contributed by atoms with Crippen LogP contribution in [0.1, 0.15) is 25.8 Å². The van der Waals surface area contributed by atoms with Gasteiger partial charge in [0.05, 0.1) is 6.54 Å². The van der Waals surface area contributed by atoms with E-state index in [-0.39, 0.29) is 23.5 Å². The maximum atomic E-state index is 14.0. The van der Waals surface area contributed by atoms with Crippen LogP contribution >= 0.6 is 0 Å². The Balaban J connectivity index is 1.63. The number of rotatable bonds is 7. The Bertz CT molecular complexity index is 1220. The van der Waals surface area contributed by atoms with Crippen LogP contribution in [0.5, 0.6) is 0 Å². The highest BCUT2D eigenvalue weighted by Crippen LogP contribution is 2.31. The van der Waals surface area contributed by atoms with E-state index in [0.29, 0.717) is 35.6 Å². The Morgan fingerprint density at radius 1 is 0.939 bits per heavy atom. The highest BCUT2D eigenvalue weighted by molar-refractivity contribution is 5.93. The van der Waals surface area contributed by atoms with E-state index < -0.39 is 0 Å². The Morgan fingerprint density at radius 3 is 2.27 bits per heavy atom. The van der Waals surface area contributed by atoms with Gasteiger partial charge in [-0.15, -0.1) is 10.2 Å². The van der Waals surface area contributed by atoms with Crippen molar-refractivity contribution in [1.82, 2.24) is 20.6 Å². The molecule has 4 aromatic rings. The number of halogens is 2. The fraction of sp³-hybridized carbons (Fsp3) is 0.200. The van der Waals surface area contributed by atoms with E-state index >= 15 is 0 Å². The summed E-state index contributed by atoms with van der Waals surface area (Å²) in [5, 5.41) is 14.0. The number of hydrogen-bond donors (Lipinski definition) is 1. The van der Waals surface area contributed by atoms with Crippen molar-refractivity contribution >= 4 is 11.6 Å². The molecular weight excluding hydrogens is 424 g/mol. The lowest BCUT2D eigenvalue weighted by Gasteiger charge is -2.24. The number of aromatic amines is 1. The Kier molecular flexibility index (Phi) is 6.53. The zero-order valence-electron chi connectivity index (χ0n) is 18.3. The molecule has 0 aliphatic carbocycles. The zero-order valence-corrected chi connectivity index (χ0v) is 18.3. The third-order valence-electron chi connectivity index (χ3n) is 5.20. The smallest absolute Gasteiger partial charge is 0.227 e. The molecule has 4 rings (SSSR count). The van der Waals surface area contributed by atoms with Crippen LogP contribution in [0.2, 0.25) is 0 Å². The van der Waals surface area contributed by atoms with Gasteiger partial charge in [-0.05, 0) is 70.3 Å². The summed E-state index contributed by atoms with van der Waals surface area (Å²) in [4.78, 5) is 14.6. The molecule has 0 radical (unpaired) electrons. The summed E-state index contributed by atoms with van der Waals surface area (Å²) in [7, 11) is 0. The van der Waals surface area contributed by atoms with Gasteiger partial charge in [0.25, 0.3) is 0 Å². The number of amides is 1. The summed E-state index contributed by atoms with van der Waals surface area (Å²) >= 11 is 0. The number of tetrazole rings is 1. The number of aromatic nitrogens is 4. The molecule has 0 saturated heterocycles. The predicted octanol–water partition coefficient (Wildman–Crippen LogP) is 5.39. The topological polar surface area (TPSA) is 74.8 Å². The van der Waals surface area contributed by atoms with E-state index in [1.54, 1.807) is 23.1 Å². The summed E-state index contributed by atoms with van der Waals surface area (Å²) in [5.74, 6) is -0.199. The van der Waals surface area contributed by atoms with Gasteiger partial charge in [0.2, 0.25) is 11.7 Å². The molecular formula is C25H23F2N5O. The van der Waals surface area contributed by atoms with Gasteiger partial charge in [-0.1, -0.05) is 38.1 Å². The van der Waals surface area contributed by atoms with Gasteiger partial charge in [0, 0.05) is 17.7 Å². The second-order valence-corrected chi connectivity index (χ2v) is 8.18. The number of carbonyl (C=O) groups is 1. The number of nitrogens with one attached hydrogen (secondary N) is 1. The highest BCUT2D eigenvalue weighted by Gasteiger charge is 2.18. The van der Waals surface area contributed by atoms with Gasteiger partial charge in [0.15, 0.2) is 0 Å². The number of H-pyrrole nitrogens is 1. The quantitative estimate of drug-likeness (QED) is 0.412. The monoisotopic (exact) mass is 447 g/mol. The van der Waals surface area contributed by atoms with E-state index in [4.69, 9.17) is 0 Å². The summed E-state index contributed by atoms with van der Waals surface area (Å²) < 4.78 is 27.4. The van der Waals surface area contributed by atoms with Gasteiger partial charge in [-0.2, -0.15) is 5.21 Å². The number of anilines is 1. The van der Waals surface area contributed by atoms with Crippen molar-refractivity contribution in [3.63, 3.8) is 0 Å². The normalized spacial score (nSPS) is 11.1. The van der Waals surface area contributed by atoms with E-state index in [9.17, 15) is 13.6 Å². The molecule has 0 atom stereocenters. The SMILES string of the molecule is CC(C)CC(=O)N(Cc1ccc(-c2cc(F)ccc2-c2nn[nH]n2)cc1)c1ccc(F)cc1. The van der Waals surface area contributed by atoms with Gasteiger partial charge in [0.1, 0.15) is 11.6 Å². The minimum atomic E-state index is -0.372. The third-order valence-corrected chi connectivity index (χ3v) is 5.20. The second-order valence-electron chi connectivity index (χ2n) is 8.18. The van der Waals surface area contributed by atoms with Crippen LogP contribution in [-0.2, 0) is 11.3 Å². The van der Waals surface area contributed by atoms with Crippen LogP contribution in [0.15, 0.2) is 66.7 Å². The Hall–Kier alpha value is -3.94. The number of hydrogen-bond acceptors (Lipinski definition) is 4. The molecule has 0 bridgehead atoms. The van der Waals surface area contributed by atoms with Crippen molar-refractivity contribution in [3.05, 3.63) is 83.9 Å². The maximum absolute atomic E-state index is 14.0. The molecule has 6 nitrogen and oxygen atoms in total. The molecule has 1 N–H and O–H groups in total. The summed E-state index contributed by atoms with van der Waals surface area (Å²) in [6, 6.07) is 17.8. The lowest BCUT2D eigenvalue weighted by molar-refractivity contribution is -0.119. The van der Waals surface area contributed by atoms with E-state index in [0.717, 1.165) is 11.1 Å². The molecule has 0 spiro atoms. The van der Waals surface area contributed by atoms with Gasteiger partial charge in [-0.3, -0.25) is 4.79 Å². The Labute approximate surface area is 190 Å². The van der Waals surface area contributed by atoms with Crippen molar-refractivity contribution in [2.75, 3.05) is 4.90 Å². The number of nitrogens with zero attached hydrogens (tertiary/aromatic N) is 4. The van der Waals surface area contributed by atoms with Gasteiger partial charge in [-0.25, -0.2) is 8.78 Å². The first kappa shape index (κ1) is 22.3. The van der Waals surface area contributed by atoms with Crippen molar-refractivity contribution in [1.29, 1.82) is 0 Å². The predicted molar refractivity (Wildman–Crippen MR) is 122 cm³/mol. The first-order valence-corrected chi connectivity index (χ1v) is 10.6. The average Bonchev–Trinajstić information content (AvgIpc) is 3.33. The zero-order chi connectivity index (χ0) is 23.4. The fourth-order valence-electron chi connectivity index (χ4n) is 3.60. The molecule has 0 aliphatic rings. The average molecular weight is 447 g/mol. The molecule has 1 amide bonds. The minimum absolute atomic E-state index is 0.0368. The van der Waals surface area contributed by atoms with Crippen LogP contribution < -0.4 is 4.90 Å². The lowest BCUT2D eigenvalue weighted by atomic mass is 9.98. The van der Waals surface area contributed by atoms with Crippen molar-refractivity contribution in [2.24, 2.45) is 5.92 Å². The van der Waals surface area contributed by atoms with Crippen LogP contribution in [0.4, 0.5) is 14.5 Å². The highest BCUT2D eigenvalue weighted by atomic mass is 19.1. The largest absolute Gasteiger partial charge is 0.308 e. The van der Waals surface area contributed by atoms with Crippen LogP contribution in [0.25, 0.3) is 22.5 Å². The van der Waals surface area contributed by atoms with E-state index in [2.05, 4.69) is 20.6 Å². The van der Waals surface area contributed by atoms with Crippen LogP contribution in [-0.4, -0.2) is 26.5 Å². The van der Waals surface area contributed by atoms with Crippen molar-refractivity contribution in [2.45, 2.75) is 26.8 Å². The molecule has 0 saturated carbocycles. The number of benzene rings is 3. The molecule has 0 aliphatic heterocycles. The van der Waals surface area contributed by atoms with E-state index in [1.165, 1.54) is 24.3 Å². The standard InChI is InChI=1S/C25H23F2N5O/c1-16(2)13-24(33)32(21-10-7-19(26)8-11-21)15-17-3-5-18(6-4-17)23-14-20(27)9-12-22(23)25-28-30-31-29-25/h3-12,14,16H,13,15H2,1-2H3,(H,28,29,30,31). The van der Waals surface area contributed by atoms with Crippen molar-refractivity contribution in [3.8, 4) is 22.5 Å². The molecule has 8 heteroatoms. The number of carbonyl (C=O) groups excluding carboxylic acids is 1. The summed E-state index contributed by atoms with van der Waals surface area (Å²) in [6.07, 6.45) is 0.382. The third kappa shape index (κ3) is 5.28. The molecule has 1 aromatic heterocycles.